The number of carbonyl (C=O) groups is 1. The third-order valence-electron chi connectivity index (χ3n) is 5.40. The Hall–Kier alpha value is -2.80. The number of Topliss-reactive ketones (excluding diaryl/α,β-unsaturated/α-hetero) is 1. The summed E-state index contributed by atoms with van der Waals surface area (Å²) in [6, 6.07) is 7.46. The second-order valence-corrected chi connectivity index (χ2v) is 8.11. The van der Waals surface area contributed by atoms with Gasteiger partial charge in [0.2, 0.25) is 0 Å². The Labute approximate surface area is 170 Å². The largest absolute Gasteiger partial charge is 0.481 e. The highest BCUT2D eigenvalue weighted by molar-refractivity contribution is 7.10. The van der Waals surface area contributed by atoms with Crippen LogP contribution in [0.5, 0.6) is 0 Å². The summed E-state index contributed by atoms with van der Waals surface area (Å²) in [5, 5.41) is 12.3. The quantitative estimate of drug-likeness (QED) is 0.683. The Morgan fingerprint density at radius 3 is 2.69 bits per heavy atom. The molecule has 1 aliphatic carbocycles. The van der Waals surface area contributed by atoms with Crippen molar-refractivity contribution in [3.63, 3.8) is 0 Å². The van der Waals surface area contributed by atoms with Crippen molar-refractivity contribution in [3.05, 3.63) is 80.6 Å². The zero-order chi connectivity index (χ0) is 20.7. The molecule has 0 amide bonds. The highest BCUT2D eigenvalue weighted by atomic mass is 32.1. The van der Waals surface area contributed by atoms with E-state index < -0.39 is 17.6 Å². The lowest BCUT2D eigenvalue weighted by Gasteiger charge is -2.33. The zero-order valence-corrected chi connectivity index (χ0v) is 16.7. The molecule has 2 aliphatic rings. The standard InChI is InChI=1S/C22H19F2NO3S/c1-11-19(22(27)28-2)20(12-5-6-14(23)15(24)8-12)21-16(25-11)9-13(10-17(21)26)18-4-3-7-29-18/h3-8,13,20,27H,9-10H2,1-2H3/b22-19+. The Kier molecular flexibility index (Phi) is 5.08. The van der Waals surface area contributed by atoms with Crippen LogP contribution in [0.2, 0.25) is 0 Å². The van der Waals surface area contributed by atoms with Gasteiger partial charge in [0, 0.05) is 40.1 Å². The number of rotatable bonds is 3. The van der Waals surface area contributed by atoms with Crippen LogP contribution in [0.25, 0.3) is 0 Å². The Morgan fingerprint density at radius 2 is 2.03 bits per heavy atom. The van der Waals surface area contributed by atoms with Gasteiger partial charge < -0.3 is 9.84 Å². The first-order chi connectivity index (χ1) is 13.9. The number of carbonyl (C=O) groups excluding carboxylic acids is 1. The van der Waals surface area contributed by atoms with Crippen LogP contribution in [0, 0.1) is 11.6 Å². The number of aliphatic hydroxyl groups is 1. The smallest absolute Gasteiger partial charge is 0.282 e. The molecule has 2 unspecified atom stereocenters. The predicted molar refractivity (Wildman–Crippen MR) is 107 cm³/mol. The van der Waals surface area contributed by atoms with Crippen molar-refractivity contribution in [2.24, 2.45) is 4.99 Å². The summed E-state index contributed by atoms with van der Waals surface area (Å²) >= 11 is 1.60. The van der Waals surface area contributed by atoms with E-state index in [1.54, 1.807) is 18.3 Å². The third kappa shape index (κ3) is 3.40. The van der Waals surface area contributed by atoms with Gasteiger partial charge >= 0.3 is 0 Å². The molecule has 4 nitrogen and oxygen atoms in total. The molecule has 2 aromatic rings. The van der Waals surface area contributed by atoms with E-state index in [1.165, 1.54) is 13.2 Å². The fourth-order valence-electron chi connectivity index (χ4n) is 4.10. The lowest BCUT2D eigenvalue weighted by Crippen LogP contribution is -2.29. The van der Waals surface area contributed by atoms with Crippen LogP contribution in [0.1, 0.15) is 42.0 Å². The van der Waals surface area contributed by atoms with Gasteiger partial charge in [0.25, 0.3) is 5.95 Å². The van der Waals surface area contributed by atoms with Gasteiger partial charge in [-0.1, -0.05) is 12.1 Å². The highest BCUT2D eigenvalue weighted by Crippen LogP contribution is 2.47. The van der Waals surface area contributed by atoms with Crippen molar-refractivity contribution in [2.45, 2.75) is 31.6 Å². The maximum Gasteiger partial charge on any atom is 0.282 e. The number of ether oxygens (including phenoxy) is 1. The molecule has 0 saturated carbocycles. The second kappa shape index (κ2) is 7.55. The van der Waals surface area contributed by atoms with Crippen LogP contribution in [0.3, 0.4) is 0 Å². The fraction of sp³-hybridized carbons (Fsp3) is 0.273. The van der Waals surface area contributed by atoms with Crippen molar-refractivity contribution in [2.75, 3.05) is 7.11 Å². The number of nitrogens with zero attached hydrogens (tertiary/aromatic N) is 1. The summed E-state index contributed by atoms with van der Waals surface area (Å²) in [4.78, 5) is 18.9. The number of hydrogen-bond donors (Lipinski definition) is 1. The topological polar surface area (TPSA) is 58.9 Å². The van der Waals surface area contributed by atoms with Crippen molar-refractivity contribution in [1.82, 2.24) is 0 Å². The Morgan fingerprint density at radius 1 is 1.24 bits per heavy atom. The van der Waals surface area contributed by atoms with E-state index in [0.29, 0.717) is 41.0 Å². The van der Waals surface area contributed by atoms with Gasteiger partial charge in [-0.3, -0.25) is 9.79 Å². The summed E-state index contributed by atoms with van der Waals surface area (Å²) in [6.07, 6.45) is 0.870. The normalized spacial score (nSPS) is 23.6. The van der Waals surface area contributed by atoms with Crippen molar-refractivity contribution < 1.29 is 23.4 Å². The van der Waals surface area contributed by atoms with E-state index in [4.69, 9.17) is 4.74 Å². The fourth-order valence-corrected chi connectivity index (χ4v) is 4.93. The van der Waals surface area contributed by atoms with Gasteiger partial charge in [0.15, 0.2) is 17.4 Å². The van der Waals surface area contributed by atoms with Crippen LogP contribution in [-0.4, -0.2) is 23.7 Å². The van der Waals surface area contributed by atoms with E-state index >= 15 is 0 Å². The molecule has 0 fully saturated rings. The first-order valence-corrected chi connectivity index (χ1v) is 10.1. The number of methoxy groups -OCH3 is 1. The average molecular weight is 415 g/mol. The number of hydrogen-bond acceptors (Lipinski definition) is 5. The molecule has 29 heavy (non-hydrogen) atoms. The number of aliphatic imine (C=N–C) groups is 1. The lowest BCUT2D eigenvalue weighted by atomic mass is 9.72. The minimum absolute atomic E-state index is 0.0324. The molecule has 150 valence electrons. The molecule has 0 radical (unpaired) electrons. The van der Waals surface area contributed by atoms with E-state index in [9.17, 15) is 18.7 Å². The van der Waals surface area contributed by atoms with E-state index in [0.717, 1.165) is 17.0 Å². The van der Waals surface area contributed by atoms with Crippen molar-refractivity contribution >= 4 is 22.8 Å². The predicted octanol–water partition coefficient (Wildman–Crippen LogP) is 5.40. The first kappa shape index (κ1) is 19.5. The van der Waals surface area contributed by atoms with Gasteiger partial charge in [0.1, 0.15) is 0 Å². The third-order valence-corrected chi connectivity index (χ3v) is 6.43. The van der Waals surface area contributed by atoms with E-state index in [2.05, 4.69) is 4.99 Å². The second-order valence-electron chi connectivity index (χ2n) is 7.13. The molecule has 1 N–H and O–H groups in total. The molecule has 1 aromatic carbocycles. The summed E-state index contributed by atoms with van der Waals surface area (Å²) in [7, 11) is 1.30. The molecule has 2 atom stereocenters. The van der Waals surface area contributed by atoms with Crippen LogP contribution < -0.4 is 0 Å². The summed E-state index contributed by atoms with van der Waals surface area (Å²) in [5.41, 5.74) is 2.18. The molecule has 7 heteroatoms. The highest BCUT2D eigenvalue weighted by Gasteiger charge is 2.40. The van der Waals surface area contributed by atoms with Gasteiger partial charge in [0.05, 0.1) is 12.7 Å². The van der Waals surface area contributed by atoms with Crippen molar-refractivity contribution in [1.29, 1.82) is 0 Å². The molecular weight excluding hydrogens is 396 g/mol. The molecule has 0 spiro atoms. The van der Waals surface area contributed by atoms with Gasteiger partial charge in [-0.25, -0.2) is 8.78 Å². The number of benzene rings is 1. The average Bonchev–Trinajstić information content (AvgIpc) is 3.23. The maximum absolute atomic E-state index is 14.0. The SMILES string of the molecule is CO/C(O)=C1\C(C)=NC2=C(C(=O)CC(c3cccs3)C2)C1c1ccc(F)c(F)c1. The van der Waals surface area contributed by atoms with Crippen LogP contribution in [0.15, 0.2) is 63.5 Å². The lowest BCUT2D eigenvalue weighted by molar-refractivity contribution is -0.116. The summed E-state index contributed by atoms with van der Waals surface area (Å²) in [5.74, 6) is -3.23. The number of aliphatic hydroxyl groups excluding tert-OH is 1. The molecule has 0 saturated heterocycles. The minimum atomic E-state index is -1.01. The maximum atomic E-state index is 14.0. The van der Waals surface area contributed by atoms with Gasteiger partial charge in [-0.15, -0.1) is 11.3 Å². The zero-order valence-electron chi connectivity index (χ0n) is 15.9. The Balaban J connectivity index is 1.88. The monoisotopic (exact) mass is 415 g/mol. The van der Waals surface area contributed by atoms with E-state index in [1.807, 2.05) is 17.5 Å². The summed E-state index contributed by atoms with van der Waals surface area (Å²) in [6.45, 7) is 1.71. The number of allylic oxidation sites excluding steroid dienone is 3. The van der Waals surface area contributed by atoms with Crippen LogP contribution in [0.4, 0.5) is 8.78 Å². The molecule has 2 heterocycles. The molecule has 0 bridgehead atoms. The number of halogens is 2. The van der Waals surface area contributed by atoms with Gasteiger partial charge in [-0.2, -0.15) is 0 Å². The minimum Gasteiger partial charge on any atom is -0.481 e. The molecule has 1 aliphatic heterocycles. The Bertz CT molecular complexity index is 1070. The van der Waals surface area contributed by atoms with Gasteiger partial charge in [-0.05, 0) is 42.5 Å². The first-order valence-electron chi connectivity index (χ1n) is 9.18. The molecule has 4 rings (SSSR count). The summed E-state index contributed by atoms with van der Waals surface area (Å²) < 4.78 is 32.5. The number of ketones is 1. The van der Waals surface area contributed by atoms with E-state index in [-0.39, 0.29) is 17.6 Å². The molecular formula is C22H19F2NO3S. The van der Waals surface area contributed by atoms with Crippen LogP contribution in [-0.2, 0) is 9.53 Å². The molecule has 1 aromatic heterocycles. The van der Waals surface area contributed by atoms with Crippen molar-refractivity contribution in [3.8, 4) is 0 Å². The van der Waals surface area contributed by atoms with Crippen LogP contribution >= 0.6 is 11.3 Å². The number of thiophene rings is 1.